The Bertz CT molecular complexity index is 747. The van der Waals surface area contributed by atoms with Crippen LogP contribution in [0.4, 0.5) is 0 Å². The third kappa shape index (κ3) is 2.62. The third-order valence-electron chi connectivity index (χ3n) is 3.82. The van der Waals surface area contributed by atoms with Crippen LogP contribution in [0.1, 0.15) is 25.8 Å². The van der Waals surface area contributed by atoms with Crippen molar-refractivity contribution in [1.29, 1.82) is 0 Å². The number of nitrogens with zero attached hydrogens (tertiary/aromatic N) is 1. The number of rotatable bonds is 2. The molecule has 21 heavy (non-hydrogen) atoms. The van der Waals surface area contributed by atoms with Crippen LogP contribution < -0.4 is 17.0 Å². The van der Waals surface area contributed by atoms with Crippen LogP contribution in [0.5, 0.6) is 0 Å². The summed E-state index contributed by atoms with van der Waals surface area (Å²) in [6.45, 7) is -5.48. The van der Waals surface area contributed by atoms with E-state index in [1.54, 1.807) is 0 Å². The lowest BCUT2D eigenvalue weighted by molar-refractivity contribution is -0.476. The molecule has 2 nitrogen and oxygen atoms in total. The van der Waals surface area contributed by atoms with E-state index < -0.39 is 19.4 Å². The molecule has 1 aliphatic rings. The van der Waals surface area contributed by atoms with Gasteiger partial charge in [0.15, 0.2) is 0 Å². The van der Waals surface area contributed by atoms with Crippen LogP contribution in [-0.4, -0.2) is 31.0 Å². The van der Waals surface area contributed by atoms with Crippen molar-refractivity contribution >= 4 is 5.90 Å². The zero-order chi connectivity index (χ0) is 19.0. The SMILES string of the molecule is [2H]C([2H])([2H])[N+](=C1OCCC1(c1ccccc1)c1ccccc1)C([2H])([2H])[2H].[Br-]. The highest BCUT2D eigenvalue weighted by molar-refractivity contribution is 5.90. The van der Waals surface area contributed by atoms with Gasteiger partial charge in [-0.15, -0.1) is 0 Å². The van der Waals surface area contributed by atoms with Gasteiger partial charge in [-0.05, 0) is 11.1 Å². The minimum Gasteiger partial charge on any atom is -1.00 e. The van der Waals surface area contributed by atoms with E-state index in [0.717, 1.165) is 11.1 Å². The Labute approximate surface area is 145 Å². The van der Waals surface area contributed by atoms with E-state index in [9.17, 15) is 0 Å². The highest BCUT2D eigenvalue weighted by Crippen LogP contribution is 2.41. The molecule has 1 aliphatic heterocycles. The van der Waals surface area contributed by atoms with Crippen molar-refractivity contribution in [3.8, 4) is 0 Å². The smallest absolute Gasteiger partial charge is 0.351 e. The van der Waals surface area contributed by atoms with Crippen LogP contribution in [0.15, 0.2) is 60.7 Å². The van der Waals surface area contributed by atoms with Gasteiger partial charge in [0.05, 0.1) is 6.61 Å². The molecule has 0 saturated carbocycles. The largest absolute Gasteiger partial charge is 1.00 e. The van der Waals surface area contributed by atoms with E-state index in [4.69, 9.17) is 13.0 Å². The van der Waals surface area contributed by atoms with Crippen LogP contribution in [-0.2, 0) is 10.2 Å². The van der Waals surface area contributed by atoms with E-state index in [-0.39, 0.29) is 29.5 Å². The Kier molecular flexibility index (Phi) is 2.89. The van der Waals surface area contributed by atoms with Crippen LogP contribution in [0, 0.1) is 0 Å². The first-order chi connectivity index (χ1) is 12.2. The van der Waals surface area contributed by atoms with Crippen molar-refractivity contribution in [2.24, 2.45) is 0 Å². The molecule has 3 heteroatoms. The van der Waals surface area contributed by atoms with E-state index in [1.165, 1.54) is 0 Å². The molecule has 2 aromatic rings. The summed E-state index contributed by atoms with van der Waals surface area (Å²) in [5.41, 5.74) is 0.639. The molecule has 2 aromatic carbocycles. The van der Waals surface area contributed by atoms with Gasteiger partial charge in [0.2, 0.25) is 0 Å². The Morgan fingerprint density at radius 3 is 1.95 bits per heavy atom. The molecule has 0 unspecified atom stereocenters. The van der Waals surface area contributed by atoms with E-state index >= 15 is 0 Å². The van der Waals surface area contributed by atoms with Crippen molar-refractivity contribution in [3.63, 3.8) is 0 Å². The summed E-state index contributed by atoms with van der Waals surface area (Å²) in [7, 11) is 0. The van der Waals surface area contributed by atoms with Crippen molar-refractivity contribution in [2.75, 3.05) is 20.6 Å². The maximum Gasteiger partial charge on any atom is 0.351 e. The highest BCUT2D eigenvalue weighted by atomic mass is 79.9. The Morgan fingerprint density at radius 1 is 0.952 bits per heavy atom. The highest BCUT2D eigenvalue weighted by Gasteiger charge is 2.50. The van der Waals surface area contributed by atoms with Gasteiger partial charge in [0.25, 0.3) is 0 Å². The second kappa shape index (κ2) is 6.44. The summed E-state index contributed by atoms with van der Waals surface area (Å²) < 4.78 is 53.1. The molecular weight excluding hydrogens is 326 g/mol. The lowest BCUT2D eigenvalue weighted by Crippen LogP contribution is -3.00. The quantitative estimate of drug-likeness (QED) is 0.697. The predicted molar refractivity (Wildman–Crippen MR) is 81.3 cm³/mol. The average Bonchev–Trinajstić information content (AvgIpc) is 2.99. The normalized spacial score (nSPS) is 21.4. The fourth-order valence-corrected chi connectivity index (χ4v) is 2.93. The lowest BCUT2D eigenvalue weighted by Gasteiger charge is -2.26. The first-order valence-corrected chi connectivity index (χ1v) is 6.59. The van der Waals surface area contributed by atoms with E-state index in [0.29, 0.717) is 11.0 Å². The summed E-state index contributed by atoms with van der Waals surface area (Å²) in [4.78, 5) is 0. The predicted octanol–water partition coefficient (Wildman–Crippen LogP) is 0.0676. The summed E-state index contributed by atoms with van der Waals surface area (Å²) >= 11 is 0. The van der Waals surface area contributed by atoms with Gasteiger partial charge in [-0.1, -0.05) is 60.7 Å². The molecule has 3 rings (SSSR count). The summed E-state index contributed by atoms with van der Waals surface area (Å²) in [6, 6.07) is 18.6. The molecule has 0 aliphatic carbocycles. The Balaban J connectivity index is 0.00000261. The number of halogens is 1. The Hall–Kier alpha value is -1.61. The number of benzene rings is 2. The molecule has 0 N–H and O–H groups in total. The van der Waals surface area contributed by atoms with Crippen LogP contribution >= 0.6 is 0 Å². The summed E-state index contributed by atoms with van der Waals surface area (Å²) in [6.07, 6.45) is 0.457. The average molecular weight is 352 g/mol. The first kappa shape index (κ1) is 9.42. The number of hydrogen-bond acceptors (Lipinski definition) is 1. The lowest BCUT2D eigenvalue weighted by atomic mass is 9.73. The zero-order valence-corrected chi connectivity index (χ0v) is 13.0. The van der Waals surface area contributed by atoms with Gasteiger partial charge in [0, 0.05) is 6.42 Å². The second-order valence-electron chi connectivity index (χ2n) is 4.88. The molecule has 1 fully saturated rings. The maximum absolute atomic E-state index is 7.81. The van der Waals surface area contributed by atoms with Crippen molar-refractivity contribution in [1.82, 2.24) is 0 Å². The monoisotopic (exact) mass is 351 g/mol. The molecule has 110 valence electrons. The minimum atomic E-state index is -2.86. The molecule has 0 radical (unpaired) electrons. The third-order valence-corrected chi connectivity index (χ3v) is 3.82. The van der Waals surface area contributed by atoms with Gasteiger partial charge in [-0.2, -0.15) is 0 Å². The molecule has 1 saturated heterocycles. The van der Waals surface area contributed by atoms with Gasteiger partial charge in [-0.25, -0.2) is 4.58 Å². The zero-order valence-electron chi connectivity index (χ0n) is 17.4. The van der Waals surface area contributed by atoms with E-state index in [1.807, 2.05) is 60.7 Å². The van der Waals surface area contributed by atoms with Gasteiger partial charge < -0.3 is 21.7 Å². The summed E-state index contributed by atoms with van der Waals surface area (Å²) in [5, 5.41) is 0. The van der Waals surface area contributed by atoms with E-state index in [2.05, 4.69) is 0 Å². The van der Waals surface area contributed by atoms with Gasteiger partial charge >= 0.3 is 5.90 Å². The molecule has 1 heterocycles. The fraction of sp³-hybridized carbons (Fsp3) is 0.278. The number of hydrogen-bond donors (Lipinski definition) is 0. The Morgan fingerprint density at radius 2 is 1.48 bits per heavy atom. The molecule has 0 atom stereocenters. The maximum atomic E-state index is 7.81. The van der Waals surface area contributed by atoms with Crippen molar-refractivity contribution < 1.29 is 34.5 Å². The number of ether oxygens (including phenoxy) is 1. The minimum absolute atomic E-state index is 0. The molecule has 0 amide bonds. The summed E-state index contributed by atoms with van der Waals surface area (Å²) in [5.74, 6) is -0.0464. The van der Waals surface area contributed by atoms with Crippen LogP contribution in [0.25, 0.3) is 0 Å². The van der Waals surface area contributed by atoms with Crippen molar-refractivity contribution in [3.05, 3.63) is 71.8 Å². The molecule has 0 bridgehead atoms. The topological polar surface area (TPSA) is 12.2 Å². The van der Waals surface area contributed by atoms with Crippen LogP contribution in [0.2, 0.25) is 0 Å². The van der Waals surface area contributed by atoms with Gasteiger partial charge in [-0.3, -0.25) is 0 Å². The molecule has 0 spiro atoms. The van der Waals surface area contributed by atoms with Crippen molar-refractivity contribution in [2.45, 2.75) is 11.8 Å². The fourth-order valence-electron chi connectivity index (χ4n) is 2.93. The van der Waals surface area contributed by atoms with Crippen LogP contribution in [0.3, 0.4) is 0 Å². The molecule has 0 aromatic heterocycles. The molecular formula is C18H20BrNO. The second-order valence-corrected chi connectivity index (χ2v) is 4.88. The van der Waals surface area contributed by atoms with Gasteiger partial charge in [0.1, 0.15) is 27.6 Å². The first-order valence-electron chi connectivity index (χ1n) is 9.59. The standard InChI is InChI=1S/C18H20NO.BrH/c1-19(2)17-18(13-14-20-17,15-9-5-3-6-10-15)16-11-7-4-8-12-16;/h3-12H,13-14H2,1-2H3;1H/q+1;/p-1/i1D3,2D3;.